The molecular weight excluding hydrogens is 310 g/mol. The number of rotatable bonds is 6. The lowest BCUT2D eigenvalue weighted by molar-refractivity contribution is 0.530. The first kappa shape index (κ1) is 14.2. The normalized spacial score (nSPS) is 11.3. The second kappa shape index (κ2) is 6.33. The van der Waals surface area contributed by atoms with E-state index in [1.54, 1.807) is 4.68 Å². The maximum absolute atomic E-state index is 11.9. The quantitative estimate of drug-likeness (QED) is 0.636. The van der Waals surface area contributed by atoms with Gasteiger partial charge in [-0.05, 0) is 28.9 Å². The number of hydrogen-bond donors (Lipinski definition) is 2. The minimum Gasteiger partial charge on any atom is -0.318 e. The summed E-state index contributed by atoms with van der Waals surface area (Å²) in [4.78, 5) is 19.1. The van der Waals surface area contributed by atoms with Crippen LogP contribution in [0.3, 0.4) is 0 Å². The zero-order chi connectivity index (χ0) is 14.7. The van der Waals surface area contributed by atoms with Crippen LogP contribution < -0.4 is 10.9 Å². The molecule has 3 aromatic rings. The van der Waals surface area contributed by atoms with E-state index in [-0.39, 0.29) is 5.56 Å². The SMILES string of the molecule is CNCCn1nnnc1SCc1nc2ccsc2c(=O)[nH]1. The molecular formula is C11H13N7OS2. The Kier molecular flexibility index (Phi) is 4.27. The molecule has 0 bridgehead atoms. The largest absolute Gasteiger partial charge is 0.318 e. The smallest absolute Gasteiger partial charge is 0.268 e. The molecule has 2 N–H and O–H groups in total. The van der Waals surface area contributed by atoms with E-state index in [0.717, 1.165) is 12.1 Å². The van der Waals surface area contributed by atoms with Crippen molar-refractivity contribution in [1.29, 1.82) is 0 Å². The average Bonchev–Trinajstić information content (AvgIpc) is 3.11. The van der Waals surface area contributed by atoms with Crippen LogP contribution >= 0.6 is 23.1 Å². The molecule has 0 aromatic carbocycles. The van der Waals surface area contributed by atoms with Crippen molar-refractivity contribution in [3.8, 4) is 0 Å². The number of aromatic nitrogens is 6. The third-order valence-electron chi connectivity index (χ3n) is 2.77. The van der Waals surface area contributed by atoms with E-state index in [1.165, 1.54) is 23.1 Å². The summed E-state index contributed by atoms with van der Waals surface area (Å²) in [7, 11) is 1.88. The number of thioether (sulfide) groups is 1. The summed E-state index contributed by atoms with van der Waals surface area (Å²) < 4.78 is 2.38. The summed E-state index contributed by atoms with van der Waals surface area (Å²) in [6.45, 7) is 1.48. The van der Waals surface area contributed by atoms with Gasteiger partial charge in [-0.25, -0.2) is 9.67 Å². The third kappa shape index (κ3) is 3.12. The van der Waals surface area contributed by atoms with Crippen LogP contribution in [0.15, 0.2) is 21.4 Å². The molecule has 0 atom stereocenters. The van der Waals surface area contributed by atoms with E-state index < -0.39 is 0 Å². The van der Waals surface area contributed by atoms with E-state index in [1.807, 2.05) is 18.5 Å². The fraction of sp³-hybridized carbons (Fsp3) is 0.364. The number of H-pyrrole nitrogens is 1. The lowest BCUT2D eigenvalue weighted by atomic mass is 10.4. The maximum atomic E-state index is 11.9. The van der Waals surface area contributed by atoms with Crippen LogP contribution in [-0.2, 0) is 12.3 Å². The molecule has 3 rings (SSSR count). The molecule has 0 fully saturated rings. The zero-order valence-electron chi connectivity index (χ0n) is 11.2. The number of nitrogens with one attached hydrogen (secondary N) is 2. The van der Waals surface area contributed by atoms with Crippen molar-refractivity contribution in [2.24, 2.45) is 0 Å². The number of likely N-dealkylation sites (N-methyl/N-ethyl adjacent to an activating group) is 1. The molecule has 21 heavy (non-hydrogen) atoms. The molecule has 10 heteroatoms. The van der Waals surface area contributed by atoms with E-state index in [0.29, 0.717) is 28.0 Å². The van der Waals surface area contributed by atoms with Gasteiger partial charge in [-0.2, -0.15) is 0 Å². The first-order valence-electron chi connectivity index (χ1n) is 6.28. The molecule has 0 unspecified atom stereocenters. The third-order valence-corrected chi connectivity index (χ3v) is 4.65. The molecule has 0 saturated carbocycles. The van der Waals surface area contributed by atoms with Gasteiger partial charge in [0, 0.05) is 6.54 Å². The fourth-order valence-electron chi connectivity index (χ4n) is 1.78. The number of hydrogen-bond acceptors (Lipinski definition) is 8. The Labute approximate surface area is 128 Å². The van der Waals surface area contributed by atoms with Crippen LogP contribution in [0, 0.1) is 0 Å². The summed E-state index contributed by atoms with van der Waals surface area (Å²) in [6, 6.07) is 1.85. The molecule has 8 nitrogen and oxygen atoms in total. The van der Waals surface area contributed by atoms with Gasteiger partial charge >= 0.3 is 0 Å². The lowest BCUT2D eigenvalue weighted by Crippen LogP contribution is -2.16. The van der Waals surface area contributed by atoms with Crippen molar-refractivity contribution in [3.05, 3.63) is 27.6 Å². The van der Waals surface area contributed by atoms with E-state index in [2.05, 4.69) is 30.8 Å². The highest BCUT2D eigenvalue weighted by molar-refractivity contribution is 7.98. The van der Waals surface area contributed by atoms with Crippen LogP contribution in [0.1, 0.15) is 5.82 Å². The van der Waals surface area contributed by atoms with E-state index in [4.69, 9.17) is 0 Å². The Balaban J connectivity index is 1.74. The summed E-state index contributed by atoms with van der Waals surface area (Å²) in [5.74, 6) is 1.14. The summed E-state index contributed by atoms with van der Waals surface area (Å²) in [5, 5.41) is 17.2. The van der Waals surface area contributed by atoms with Gasteiger partial charge in [-0.3, -0.25) is 4.79 Å². The Morgan fingerprint density at radius 1 is 1.52 bits per heavy atom. The van der Waals surface area contributed by atoms with Crippen molar-refractivity contribution in [1.82, 2.24) is 35.5 Å². The highest BCUT2D eigenvalue weighted by atomic mass is 32.2. The Morgan fingerprint density at radius 2 is 2.43 bits per heavy atom. The van der Waals surface area contributed by atoms with Gasteiger partial charge in [0.1, 0.15) is 10.5 Å². The number of fused-ring (bicyclic) bond motifs is 1. The molecule has 0 spiro atoms. The van der Waals surface area contributed by atoms with Gasteiger partial charge in [0.15, 0.2) is 0 Å². The Morgan fingerprint density at radius 3 is 3.29 bits per heavy atom. The molecule has 0 amide bonds. The minimum atomic E-state index is -0.0969. The number of tetrazole rings is 1. The van der Waals surface area contributed by atoms with Gasteiger partial charge in [0.25, 0.3) is 5.56 Å². The maximum Gasteiger partial charge on any atom is 0.268 e. The predicted octanol–water partition coefficient (Wildman–Crippen LogP) is 0.483. The first-order chi connectivity index (χ1) is 10.3. The van der Waals surface area contributed by atoms with Crippen LogP contribution in [0.5, 0.6) is 0 Å². The molecule has 3 aromatic heterocycles. The molecule has 0 radical (unpaired) electrons. The Hall–Kier alpha value is -1.78. The topological polar surface area (TPSA) is 101 Å². The summed E-state index contributed by atoms with van der Waals surface area (Å²) >= 11 is 2.84. The van der Waals surface area contributed by atoms with Gasteiger partial charge in [0.05, 0.1) is 17.8 Å². The standard InChI is InChI=1S/C11H13N7OS2/c1-12-3-4-18-11(15-16-17-18)21-6-8-13-7-2-5-20-9(7)10(19)14-8/h2,5,12H,3-4,6H2,1H3,(H,13,14,19). The van der Waals surface area contributed by atoms with Crippen molar-refractivity contribution in [2.75, 3.05) is 13.6 Å². The van der Waals surface area contributed by atoms with E-state index >= 15 is 0 Å². The average molecular weight is 323 g/mol. The van der Waals surface area contributed by atoms with Gasteiger partial charge in [-0.15, -0.1) is 16.4 Å². The van der Waals surface area contributed by atoms with Gasteiger partial charge in [-0.1, -0.05) is 11.8 Å². The van der Waals surface area contributed by atoms with E-state index in [9.17, 15) is 4.79 Å². The highest BCUT2D eigenvalue weighted by Gasteiger charge is 2.09. The molecule has 0 aliphatic heterocycles. The lowest BCUT2D eigenvalue weighted by Gasteiger charge is -2.03. The van der Waals surface area contributed by atoms with Crippen LogP contribution in [0.25, 0.3) is 10.2 Å². The number of thiophene rings is 1. The second-order valence-corrected chi connectivity index (χ2v) is 6.08. The van der Waals surface area contributed by atoms with Crippen molar-refractivity contribution in [3.63, 3.8) is 0 Å². The Bertz CT molecular complexity index is 793. The predicted molar refractivity (Wildman–Crippen MR) is 81.5 cm³/mol. The van der Waals surface area contributed by atoms with Crippen molar-refractivity contribution < 1.29 is 0 Å². The zero-order valence-corrected chi connectivity index (χ0v) is 12.9. The highest BCUT2D eigenvalue weighted by Crippen LogP contribution is 2.19. The van der Waals surface area contributed by atoms with Crippen LogP contribution in [-0.4, -0.2) is 43.8 Å². The van der Waals surface area contributed by atoms with Gasteiger partial charge < -0.3 is 10.3 Å². The van der Waals surface area contributed by atoms with Crippen molar-refractivity contribution in [2.45, 2.75) is 17.5 Å². The summed E-state index contributed by atoms with van der Waals surface area (Å²) in [6.07, 6.45) is 0. The summed E-state index contributed by atoms with van der Waals surface area (Å²) in [5.41, 5.74) is 0.634. The molecule has 110 valence electrons. The first-order valence-corrected chi connectivity index (χ1v) is 8.14. The minimum absolute atomic E-state index is 0.0969. The van der Waals surface area contributed by atoms with Crippen molar-refractivity contribution >= 4 is 33.3 Å². The van der Waals surface area contributed by atoms with Gasteiger partial charge in [0.2, 0.25) is 5.16 Å². The van der Waals surface area contributed by atoms with Crippen LogP contribution in [0.2, 0.25) is 0 Å². The molecule has 3 heterocycles. The second-order valence-electron chi connectivity index (χ2n) is 4.22. The molecule has 0 aliphatic rings. The number of aromatic amines is 1. The number of nitrogens with zero attached hydrogens (tertiary/aromatic N) is 5. The molecule has 0 aliphatic carbocycles. The molecule has 0 saturated heterocycles. The van der Waals surface area contributed by atoms with Crippen LogP contribution in [0.4, 0.5) is 0 Å². The monoisotopic (exact) mass is 323 g/mol. The fourth-order valence-corrected chi connectivity index (χ4v) is 3.28.